The highest BCUT2D eigenvalue weighted by Crippen LogP contribution is 2.34. The molecule has 2 aromatic rings. The Labute approximate surface area is 171 Å². The van der Waals surface area contributed by atoms with E-state index in [1.165, 1.54) is 0 Å². The molecule has 0 saturated heterocycles. The van der Waals surface area contributed by atoms with Gasteiger partial charge in [-0.2, -0.15) is 5.10 Å². The summed E-state index contributed by atoms with van der Waals surface area (Å²) in [6.07, 6.45) is 6.22. The number of carbonyl (C=O) groups is 1. The molecular weight excluding hydrogens is 426 g/mol. The maximum Gasteiger partial charge on any atom is 0.321 e. The zero-order valence-electron chi connectivity index (χ0n) is 15.7. The van der Waals surface area contributed by atoms with Gasteiger partial charge < -0.3 is 4.74 Å². The van der Waals surface area contributed by atoms with E-state index in [0.29, 0.717) is 29.3 Å². The molecule has 0 amide bonds. The summed E-state index contributed by atoms with van der Waals surface area (Å²) in [5.74, 6) is -0.744. The first-order valence-electron chi connectivity index (χ1n) is 9.11. The molecule has 3 heterocycles. The first kappa shape index (κ1) is 20.2. The van der Waals surface area contributed by atoms with Crippen molar-refractivity contribution in [3.05, 3.63) is 52.2 Å². The van der Waals surface area contributed by atoms with E-state index in [9.17, 15) is 10.0 Å². The van der Waals surface area contributed by atoms with Crippen molar-refractivity contribution >= 4 is 28.1 Å². The smallest absolute Gasteiger partial charge is 0.321 e. The zero-order valence-corrected chi connectivity index (χ0v) is 17.3. The van der Waals surface area contributed by atoms with Crippen LogP contribution in [0.5, 0.6) is 0 Å². The van der Waals surface area contributed by atoms with Crippen LogP contribution in [0.1, 0.15) is 38.3 Å². The van der Waals surface area contributed by atoms with Crippen molar-refractivity contribution in [1.82, 2.24) is 19.8 Å². The van der Waals surface area contributed by atoms with Gasteiger partial charge in [0.05, 0.1) is 34.7 Å². The lowest BCUT2D eigenvalue weighted by Gasteiger charge is -2.28. The van der Waals surface area contributed by atoms with Crippen LogP contribution < -0.4 is 0 Å². The molecule has 9 heteroatoms. The summed E-state index contributed by atoms with van der Waals surface area (Å²) in [5.41, 5.74) is 1.63. The fraction of sp³-hybridized carbons (Fsp3) is 0.368. The van der Waals surface area contributed by atoms with Crippen LogP contribution in [0.4, 0.5) is 0 Å². The van der Waals surface area contributed by atoms with E-state index in [2.05, 4.69) is 31.0 Å². The van der Waals surface area contributed by atoms with Crippen LogP contribution in [-0.2, 0) is 9.53 Å². The number of halogens is 1. The molecular formula is C19H22BrN5O3. The molecule has 1 aliphatic rings. The van der Waals surface area contributed by atoms with Crippen LogP contribution in [0.3, 0.4) is 0 Å². The average Bonchev–Trinajstić information content (AvgIpc) is 3.14. The minimum atomic E-state index is -0.843. The fourth-order valence-electron chi connectivity index (χ4n) is 3.11. The third-order valence-electron chi connectivity index (χ3n) is 4.28. The molecule has 1 aliphatic heterocycles. The zero-order chi connectivity index (χ0) is 20.1. The van der Waals surface area contributed by atoms with Crippen molar-refractivity contribution in [2.45, 2.75) is 32.6 Å². The summed E-state index contributed by atoms with van der Waals surface area (Å²) in [5, 5.41) is 15.8. The van der Waals surface area contributed by atoms with E-state index in [1.807, 2.05) is 13.0 Å². The molecule has 0 saturated carbocycles. The lowest BCUT2D eigenvalue weighted by atomic mass is 9.97. The van der Waals surface area contributed by atoms with E-state index in [4.69, 9.17) is 4.74 Å². The van der Waals surface area contributed by atoms with Gasteiger partial charge in [0.15, 0.2) is 5.82 Å². The second kappa shape index (κ2) is 9.11. The summed E-state index contributed by atoms with van der Waals surface area (Å²) < 4.78 is 7.67. The first-order valence-corrected chi connectivity index (χ1v) is 9.91. The number of pyridine rings is 1. The van der Waals surface area contributed by atoms with Gasteiger partial charge in [-0.1, -0.05) is 13.3 Å². The second-order valence-corrected chi connectivity index (χ2v) is 6.99. The molecule has 0 radical (unpaired) electrons. The van der Waals surface area contributed by atoms with Crippen LogP contribution in [0.2, 0.25) is 0 Å². The normalized spacial score (nSPS) is 15.1. The Balaban J connectivity index is 2.17. The number of rotatable bonds is 7. The molecule has 2 aromatic heterocycles. The molecule has 0 bridgehead atoms. The number of aromatic nitrogens is 3. The average molecular weight is 448 g/mol. The molecule has 1 atom stereocenters. The van der Waals surface area contributed by atoms with Crippen LogP contribution in [-0.4, -0.2) is 50.4 Å². The molecule has 3 rings (SSSR count). The van der Waals surface area contributed by atoms with Crippen molar-refractivity contribution in [3.63, 3.8) is 0 Å². The molecule has 148 valence electrons. The third-order valence-corrected chi connectivity index (χ3v) is 4.90. The van der Waals surface area contributed by atoms with Crippen LogP contribution >= 0.6 is 15.9 Å². The topological polar surface area (TPSA) is 92.8 Å². The summed E-state index contributed by atoms with van der Waals surface area (Å²) in [4.78, 5) is 21.8. The van der Waals surface area contributed by atoms with Crippen LogP contribution in [0.25, 0.3) is 5.82 Å². The number of hydroxylamine groups is 2. The molecule has 0 aromatic carbocycles. The number of ether oxygens (including phenoxy) is 1. The number of carbonyl (C=O) groups excluding carboxylic acids is 1. The quantitative estimate of drug-likeness (QED) is 0.653. The Morgan fingerprint density at radius 3 is 2.89 bits per heavy atom. The third kappa shape index (κ3) is 4.00. The number of hydrogen-bond donors (Lipinski definition) is 1. The van der Waals surface area contributed by atoms with Crippen molar-refractivity contribution in [2.75, 3.05) is 13.2 Å². The van der Waals surface area contributed by atoms with Gasteiger partial charge >= 0.3 is 5.97 Å². The molecule has 0 spiro atoms. The second-order valence-electron chi connectivity index (χ2n) is 6.14. The maximum absolute atomic E-state index is 13.0. The Bertz CT molecular complexity index is 908. The fourth-order valence-corrected chi connectivity index (χ4v) is 3.53. The van der Waals surface area contributed by atoms with Crippen LogP contribution in [0.15, 0.2) is 51.5 Å². The van der Waals surface area contributed by atoms with Gasteiger partial charge in [0, 0.05) is 18.6 Å². The highest BCUT2D eigenvalue weighted by atomic mass is 79.9. The Kier molecular flexibility index (Phi) is 6.58. The molecule has 8 nitrogen and oxygen atoms in total. The van der Waals surface area contributed by atoms with Crippen molar-refractivity contribution in [3.8, 4) is 5.82 Å². The largest absolute Gasteiger partial charge is 0.465 e. The number of aliphatic imine (C=N–C) groups is 1. The number of hydrogen-bond acceptors (Lipinski definition) is 7. The summed E-state index contributed by atoms with van der Waals surface area (Å²) in [6.45, 7) is 4.27. The van der Waals surface area contributed by atoms with Gasteiger partial charge in [-0.15, -0.1) is 0 Å². The minimum Gasteiger partial charge on any atom is -0.465 e. The summed E-state index contributed by atoms with van der Waals surface area (Å²) >= 11 is 3.48. The summed E-state index contributed by atoms with van der Waals surface area (Å²) in [6, 6.07) is 5.39. The lowest BCUT2D eigenvalue weighted by molar-refractivity contribution is -0.144. The van der Waals surface area contributed by atoms with E-state index in [0.717, 1.165) is 16.0 Å². The Morgan fingerprint density at radius 2 is 2.18 bits per heavy atom. The van der Waals surface area contributed by atoms with Crippen molar-refractivity contribution in [2.24, 2.45) is 4.99 Å². The molecule has 1 unspecified atom stereocenters. The van der Waals surface area contributed by atoms with E-state index < -0.39 is 11.9 Å². The van der Waals surface area contributed by atoms with Crippen LogP contribution in [0, 0.1) is 0 Å². The van der Waals surface area contributed by atoms with E-state index >= 15 is 0 Å². The number of allylic oxidation sites excluding steroid dienone is 1. The summed E-state index contributed by atoms with van der Waals surface area (Å²) in [7, 11) is 0. The van der Waals surface area contributed by atoms with Gasteiger partial charge in [0.2, 0.25) is 0 Å². The predicted molar refractivity (Wildman–Crippen MR) is 107 cm³/mol. The standard InChI is InChI=1S/C19H22BrN5O3/c1-3-6-15-17(21-11-12-24(15)27)16(19(26)28-4-2)14-8-10-23-25(14)18-13(20)7-5-9-22-18/h5,7-11,16,27H,3-4,6,12H2,1-2H3. The molecule has 28 heavy (non-hydrogen) atoms. The minimum absolute atomic E-state index is 0.236. The van der Waals surface area contributed by atoms with E-state index in [-0.39, 0.29) is 13.2 Å². The Morgan fingerprint density at radius 1 is 1.36 bits per heavy atom. The molecule has 0 aliphatic carbocycles. The first-order chi connectivity index (χ1) is 13.6. The number of nitrogens with zero attached hydrogens (tertiary/aromatic N) is 5. The van der Waals surface area contributed by atoms with Crippen molar-refractivity contribution < 1.29 is 14.7 Å². The highest BCUT2D eigenvalue weighted by molar-refractivity contribution is 9.10. The van der Waals surface area contributed by atoms with Crippen molar-refractivity contribution in [1.29, 1.82) is 0 Å². The van der Waals surface area contributed by atoms with Gasteiger partial charge in [-0.05, 0) is 47.5 Å². The highest BCUT2D eigenvalue weighted by Gasteiger charge is 2.34. The van der Waals surface area contributed by atoms with Gasteiger partial charge in [0.25, 0.3) is 0 Å². The van der Waals surface area contributed by atoms with Gasteiger partial charge in [0.1, 0.15) is 5.92 Å². The maximum atomic E-state index is 13.0. The molecule has 1 N–H and O–H groups in total. The monoisotopic (exact) mass is 447 g/mol. The molecule has 0 fully saturated rings. The van der Waals surface area contributed by atoms with Gasteiger partial charge in [-0.25, -0.2) is 9.67 Å². The van der Waals surface area contributed by atoms with Gasteiger partial charge in [-0.3, -0.25) is 20.1 Å². The van der Waals surface area contributed by atoms with E-state index in [1.54, 1.807) is 42.3 Å². The predicted octanol–water partition coefficient (Wildman–Crippen LogP) is 3.46. The Hall–Kier alpha value is -2.52. The SMILES string of the molecule is CCCC1=C(C(C(=O)OCC)c2ccnn2-c2ncccc2Br)N=CCN1O. The number of esters is 1. The lowest BCUT2D eigenvalue weighted by Crippen LogP contribution is -2.30.